The van der Waals surface area contributed by atoms with Gasteiger partial charge in [-0.25, -0.2) is 13.6 Å². The van der Waals surface area contributed by atoms with E-state index < -0.39 is 10.0 Å². The number of halogens is 1. The molecular weight excluding hydrogens is 342 g/mol. The Balaban J connectivity index is 2.03. The lowest BCUT2D eigenvalue weighted by Crippen LogP contribution is -2.12. The van der Waals surface area contributed by atoms with Crippen molar-refractivity contribution < 1.29 is 8.42 Å². The van der Waals surface area contributed by atoms with E-state index >= 15 is 0 Å². The summed E-state index contributed by atoms with van der Waals surface area (Å²) in [5.41, 5.74) is 4.95. The second-order valence-corrected chi connectivity index (χ2v) is 8.47. The fourth-order valence-electron chi connectivity index (χ4n) is 3.68. The van der Waals surface area contributed by atoms with Crippen LogP contribution >= 0.6 is 11.6 Å². The van der Waals surface area contributed by atoms with E-state index in [4.69, 9.17) is 16.7 Å². The molecular formula is C19H20ClNO2S. The van der Waals surface area contributed by atoms with E-state index in [1.807, 2.05) is 36.4 Å². The van der Waals surface area contributed by atoms with Crippen molar-refractivity contribution in [3.63, 3.8) is 0 Å². The van der Waals surface area contributed by atoms with Crippen molar-refractivity contribution in [1.29, 1.82) is 0 Å². The van der Waals surface area contributed by atoms with Crippen molar-refractivity contribution in [2.24, 2.45) is 11.1 Å². The average molecular weight is 362 g/mol. The molecule has 126 valence electrons. The first-order chi connectivity index (χ1) is 11.3. The topological polar surface area (TPSA) is 60.2 Å². The normalized spacial score (nSPS) is 21.3. The van der Waals surface area contributed by atoms with Crippen LogP contribution in [0.4, 0.5) is 0 Å². The predicted octanol–water partition coefficient (Wildman–Crippen LogP) is 4.58. The van der Waals surface area contributed by atoms with Crippen LogP contribution in [0.1, 0.15) is 37.3 Å². The van der Waals surface area contributed by atoms with Crippen molar-refractivity contribution in [3.05, 3.63) is 70.3 Å². The summed E-state index contributed by atoms with van der Waals surface area (Å²) in [6.07, 6.45) is 1.03. The molecule has 0 amide bonds. The Morgan fingerprint density at radius 2 is 1.62 bits per heavy atom. The summed E-state index contributed by atoms with van der Waals surface area (Å²) < 4.78 is 22.9. The van der Waals surface area contributed by atoms with Crippen LogP contribution in [-0.2, 0) is 10.0 Å². The van der Waals surface area contributed by atoms with Gasteiger partial charge in [0, 0.05) is 10.9 Å². The number of benzene rings is 2. The molecule has 1 aliphatic rings. The van der Waals surface area contributed by atoms with Gasteiger partial charge in [-0.3, -0.25) is 0 Å². The molecule has 2 atom stereocenters. The third-order valence-corrected chi connectivity index (χ3v) is 5.87. The molecule has 0 aliphatic heterocycles. The molecule has 0 fully saturated rings. The molecule has 1 aliphatic carbocycles. The minimum absolute atomic E-state index is 0.144. The van der Waals surface area contributed by atoms with E-state index in [1.54, 1.807) is 12.1 Å². The van der Waals surface area contributed by atoms with E-state index in [-0.39, 0.29) is 10.8 Å². The zero-order valence-electron chi connectivity index (χ0n) is 13.7. The summed E-state index contributed by atoms with van der Waals surface area (Å²) in [4.78, 5) is 0.144. The maximum absolute atomic E-state index is 11.5. The molecule has 0 saturated carbocycles. The maximum Gasteiger partial charge on any atom is 0.238 e. The van der Waals surface area contributed by atoms with Crippen LogP contribution in [-0.4, -0.2) is 8.42 Å². The minimum atomic E-state index is -3.66. The zero-order valence-corrected chi connectivity index (χ0v) is 15.2. The van der Waals surface area contributed by atoms with Gasteiger partial charge in [0.1, 0.15) is 0 Å². The second-order valence-electron chi connectivity index (χ2n) is 6.47. The van der Waals surface area contributed by atoms with E-state index in [1.165, 1.54) is 16.7 Å². The van der Waals surface area contributed by atoms with Gasteiger partial charge < -0.3 is 0 Å². The van der Waals surface area contributed by atoms with Gasteiger partial charge in [0.15, 0.2) is 0 Å². The van der Waals surface area contributed by atoms with Crippen LogP contribution in [0.2, 0.25) is 5.02 Å². The maximum atomic E-state index is 11.5. The molecule has 24 heavy (non-hydrogen) atoms. The highest BCUT2D eigenvalue weighted by Crippen LogP contribution is 2.48. The Bertz CT molecular complexity index is 884. The third kappa shape index (κ3) is 3.27. The van der Waals surface area contributed by atoms with Gasteiger partial charge in [-0.05, 0) is 60.2 Å². The number of rotatable bonds is 3. The number of sulfonamides is 1. The van der Waals surface area contributed by atoms with Gasteiger partial charge >= 0.3 is 0 Å². The summed E-state index contributed by atoms with van der Waals surface area (Å²) >= 11 is 6.01. The summed E-state index contributed by atoms with van der Waals surface area (Å²) in [6.45, 7) is 4.39. The molecule has 0 aromatic heterocycles. The molecule has 5 heteroatoms. The molecule has 0 saturated heterocycles. The number of nitrogens with two attached hydrogens (primary N) is 1. The molecule has 2 aromatic rings. The fourth-order valence-corrected chi connectivity index (χ4v) is 4.32. The highest BCUT2D eigenvalue weighted by Gasteiger charge is 2.32. The van der Waals surface area contributed by atoms with Gasteiger partial charge in [0.2, 0.25) is 10.0 Å². The van der Waals surface area contributed by atoms with Crippen LogP contribution in [0.25, 0.3) is 5.57 Å². The predicted molar refractivity (Wildman–Crippen MR) is 98.4 cm³/mol. The Labute approximate surface area is 148 Å². The first-order valence-corrected chi connectivity index (χ1v) is 9.78. The molecule has 2 aromatic carbocycles. The summed E-state index contributed by atoms with van der Waals surface area (Å²) in [7, 11) is -3.66. The number of hydrogen-bond acceptors (Lipinski definition) is 2. The summed E-state index contributed by atoms with van der Waals surface area (Å²) in [5.74, 6) is 0.691. The van der Waals surface area contributed by atoms with Gasteiger partial charge in [-0.2, -0.15) is 0 Å². The van der Waals surface area contributed by atoms with Crippen molar-refractivity contribution >= 4 is 27.2 Å². The lowest BCUT2D eigenvalue weighted by Gasteiger charge is -2.21. The molecule has 2 N–H and O–H groups in total. The van der Waals surface area contributed by atoms with E-state index in [2.05, 4.69) is 13.8 Å². The van der Waals surface area contributed by atoms with Crippen molar-refractivity contribution in [2.75, 3.05) is 0 Å². The van der Waals surface area contributed by atoms with E-state index in [0.29, 0.717) is 5.92 Å². The molecule has 0 heterocycles. The average Bonchev–Trinajstić information content (AvgIpc) is 2.82. The lowest BCUT2D eigenvalue weighted by atomic mass is 9.83. The van der Waals surface area contributed by atoms with E-state index in [0.717, 1.165) is 17.0 Å². The smallest absolute Gasteiger partial charge is 0.225 e. The van der Waals surface area contributed by atoms with Gasteiger partial charge in [0.25, 0.3) is 0 Å². The highest BCUT2D eigenvalue weighted by atomic mass is 35.5. The molecule has 3 rings (SSSR count). The summed E-state index contributed by atoms with van der Waals surface area (Å²) in [5, 5.41) is 5.91. The van der Waals surface area contributed by atoms with Crippen LogP contribution in [0.5, 0.6) is 0 Å². The number of hydrogen-bond donors (Lipinski definition) is 1. The second kappa shape index (κ2) is 6.36. The molecule has 2 unspecified atom stereocenters. The van der Waals surface area contributed by atoms with Gasteiger partial charge in [-0.15, -0.1) is 0 Å². The summed E-state index contributed by atoms with van der Waals surface area (Å²) in [6, 6.07) is 14.8. The molecule has 3 nitrogen and oxygen atoms in total. The molecule has 0 bridgehead atoms. The monoisotopic (exact) mass is 361 g/mol. The van der Waals surface area contributed by atoms with Crippen LogP contribution in [0.3, 0.4) is 0 Å². The minimum Gasteiger partial charge on any atom is -0.225 e. The van der Waals surface area contributed by atoms with Gasteiger partial charge in [0.05, 0.1) is 4.90 Å². The zero-order chi connectivity index (χ0) is 17.5. The van der Waals surface area contributed by atoms with Crippen molar-refractivity contribution in [3.8, 4) is 0 Å². The fraction of sp³-hybridized carbons (Fsp3) is 0.263. The Morgan fingerprint density at radius 1 is 1.04 bits per heavy atom. The SMILES string of the molecule is CC1=C(c2ccc(Cl)cc2)C(c2ccc(S(N)(=O)=O)cc2)C(C)C1. The number of primary sulfonamides is 1. The largest absolute Gasteiger partial charge is 0.238 e. The molecule has 0 radical (unpaired) electrons. The third-order valence-electron chi connectivity index (χ3n) is 4.69. The Hall–Kier alpha value is -1.62. The first kappa shape index (κ1) is 17.2. The molecule has 0 spiro atoms. The van der Waals surface area contributed by atoms with Crippen LogP contribution < -0.4 is 5.14 Å². The quantitative estimate of drug-likeness (QED) is 0.869. The first-order valence-electron chi connectivity index (χ1n) is 7.85. The Kier molecular flexibility index (Phi) is 4.56. The van der Waals surface area contributed by atoms with Crippen molar-refractivity contribution in [1.82, 2.24) is 0 Å². The van der Waals surface area contributed by atoms with Crippen molar-refractivity contribution in [2.45, 2.75) is 31.1 Å². The number of allylic oxidation sites excluding steroid dienone is 2. The standard InChI is InChI=1S/C19H20ClNO2S/c1-12-11-13(2)19(18(12)14-3-7-16(20)8-4-14)15-5-9-17(10-6-15)24(21,22)23/h3-10,13,19H,11H2,1-2H3,(H2,21,22,23). The lowest BCUT2D eigenvalue weighted by molar-refractivity contribution is 0.564. The van der Waals surface area contributed by atoms with Crippen LogP contribution in [0.15, 0.2) is 59.0 Å². The Morgan fingerprint density at radius 3 is 2.17 bits per heavy atom. The van der Waals surface area contributed by atoms with Crippen LogP contribution in [0, 0.1) is 5.92 Å². The highest BCUT2D eigenvalue weighted by molar-refractivity contribution is 7.89. The van der Waals surface area contributed by atoms with Gasteiger partial charge in [-0.1, -0.05) is 48.4 Å². The van der Waals surface area contributed by atoms with E-state index in [9.17, 15) is 8.42 Å².